The molecule has 1 unspecified atom stereocenters. The number of aryl methyl sites for hydroxylation is 1. The Morgan fingerprint density at radius 2 is 1.85 bits per heavy atom. The van der Waals surface area contributed by atoms with Crippen molar-refractivity contribution in [1.82, 2.24) is 24.4 Å². The van der Waals surface area contributed by atoms with Crippen LogP contribution in [0.5, 0.6) is 0 Å². The van der Waals surface area contributed by atoms with Gasteiger partial charge in [-0.25, -0.2) is 19.0 Å². The summed E-state index contributed by atoms with van der Waals surface area (Å²) < 4.78 is 31.4. The molecule has 0 saturated carbocycles. The first-order chi connectivity index (χ1) is 18.0. The molecule has 0 bridgehead atoms. The summed E-state index contributed by atoms with van der Waals surface area (Å²) in [5.74, 6) is -2.20. The van der Waals surface area contributed by atoms with Crippen molar-refractivity contribution < 1.29 is 33.3 Å². The molecule has 1 amide bonds. The molecule has 4 heterocycles. The summed E-state index contributed by atoms with van der Waals surface area (Å²) in [4.78, 5) is 57.5. The van der Waals surface area contributed by atoms with Crippen molar-refractivity contribution in [2.45, 2.75) is 90.4 Å². The number of imidazole rings is 1. The number of esters is 1. The van der Waals surface area contributed by atoms with Gasteiger partial charge in [-0.3, -0.25) is 14.3 Å². The number of H-pyrrole nitrogens is 1. The highest BCUT2D eigenvalue weighted by molar-refractivity contribution is 5.81. The van der Waals surface area contributed by atoms with Gasteiger partial charge in [-0.2, -0.15) is 4.98 Å². The zero-order valence-electron chi connectivity index (χ0n) is 23.3. The predicted molar refractivity (Wildman–Crippen MR) is 137 cm³/mol. The number of rotatable bonds is 6. The zero-order valence-corrected chi connectivity index (χ0v) is 23.3. The number of amides is 1. The van der Waals surface area contributed by atoms with Crippen LogP contribution in [-0.2, 0) is 35.5 Å². The zero-order chi connectivity index (χ0) is 29.0. The molecule has 2 aromatic heterocycles. The van der Waals surface area contributed by atoms with E-state index in [1.165, 1.54) is 11.6 Å². The molecule has 15 nitrogen and oxygen atoms in total. The lowest BCUT2D eigenvalue weighted by Gasteiger charge is -2.26. The predicted octanol–water partition coefficient (Wildman–Crippen LogP) is 0.516. The van der Waals surface area contributed by atoms with E-state index in [2.05, 4.69) is 15.3 Å². The van der Waals surface area contributed by atoms with Gasteiger partial charge in [0.25, 0.3) is 5.56 Å². The number of hydrogen-bond donors (Lipinski definition) is 3. The lowest BCUT2D eigenvalue weighted by Crippen LogP contribution is -2.48. The van der Waals surface area contributed by atoms with E-state index in [0.29, 0.717) is 0 Å². The molecule has 39 heavy (non-hydrogen) atoms. The van der Waals surface area contributed by atoms with Gasteiger partial charge in [0.2, 0.25) is 5.95 Å². The van der Waals surface area contributed by atoms with Crippen molar-refractivity contribution in [3.05, 3.63) is 20.8 Å². The number of aromatic nitrogens is 4. The highest BCUT2D eigenvalue weighted by Gasteiger charge is 2.57. The van der Waals surface area contributed by atoms with E-state index in [0.717, 1.165) is 4.57 Å². The number of nitrogens with zero attached hydrogens (tertiary/aromatic N) is 3. The number of aromatic amines is 1. The summed E-state index contributed by atoms with van der Waals surface area (Å²) in [6, 6.07) is -0.982. The number of fused-ring (bicyclic) bond motifs is 2. The molecule has 15 heteroatoms. The Morgan fingerprint density at radius 3 is 2.46 bits per heavy atom. The number of nitrogens with two attached hydrogens (primary N) is 1. The quantitative estimate of drug-likeness (QED) is 0.423. The highest BCUT2D eigenvalue weighted by Crippen LogP contribution is 2.43. The van der Waals surface area contributed by atoms with Gasteiger partial charge in [0, 0.05) is 7.05 Å². The summed E-state index contributed by atoms with van der Waals surface area (Å²) in [6.07, 6.45) is -4.18. The van der Waals surface area contributed by atoms with Gasteiger partial charge in [-0.1, -0.05) is 13.8 Å². The maximum absolute atomic E-state index is 13.2. The summed E-state index contributed by atoms with van der Waals surface area (Å²) in [6.45, 7) is 11.8. The minimum atomic E-state index is -1.06. The fraction of sp³-hybridized carbons (Fsp3) is 0.708. The van der Waals surface area contributed by atoms with Gasteiger partial charge >= 0.3 is 17.8 Å². The Balaban J connectivity index is 1.58. The fourth-order valence-corrected chi connectivity index (χ4v) is 4.71. The van der Waals surface area contributed by atoms with Crippen LogP contribution >= 0.6 is 0 Å². The van der Waals surface area contributed by atoms with Crippen LogP contribution in [0.2, 0.25) is 0 Å². The standard InChI is InChI=1S/C24H36N6O9/c1-10(2)12(26-21(33)39-23(3,4)5)19(32)35-9-11-14-15(38-24(6,7)37-14)18(36-11)30-16-13(29(8)22(30)34)17(31)28-20(25)27-16/h10-12,14-15,18H,9H2,1-8H3,(H,26,33)(H3,25,27,28,31)/t11-,12+,14-,15?,18-/m1/s1. The van der Waals surface area contributed by atoms with Crippen molar-refractivity contribution in [2.75, 3.05) is 12.3 Å². The summed E-state index contributed by atoms with van der Waals surface area (Å²) in [5.41, 5.74) is 3.86. The van der Waals surface area contributed by atoms with Crippen LogP contribution in [0.4, 0.5) is 10.7 Å². The van der Waals surface area contributed by atoms with Crippen LogP contribution in [0.1, 0.15) is 54.7 Å². The molecule has 216 valence electrons. The van der Waals surface area contributed by atoms with Crippen LogP contribution in [0, 0.1) is 5.92 Å². The number of ether oxygens (including phenoxy) is 5. The third-order valence-electron chi connectivity index (χ3n) is 6.31. The molecule has 0 spiro atoms. The Labute approximate surface area is 223 Å². The fourth-order valence-electron chi connectivity index (χ4n) is 4.71. The maximum atomic E-state index is 13.2. The van der Waals surface area contributed by atoms with Crippen LogP contribution in [0.3, 0.4) is 0 Å². The topological polar surface area (TPSA) is 191 Å². The summed E-state index contributed by atoms with van der Waals surface area (Å²) >= 11 is 0. The van der Waals surface area contributed by atoms with Crippen molar-refractivity contribution in [3.63, 3.8) is 0 Å². The van der Waals surface area contributed by atoms with Crippen LogP contribution in [0.15, 0.2) is 9.59 Å². The number of carbonyl (C=O) groups is 2. The van der Waals surface area contributed by atoms with Crippen molar-refractivity contribution in [2.24, 2.45) is 13.0 Å². The van der Waals surface area contributed by atoms with Crippen molar-refractivity contribution in [1.29, 1.82) is 0 Å². The van der Waals surface area contributed by atoms with Gasteiger partial charge in [-0.05, 0) is 40.5 Å². The second-order valence-electron chi connectivity index (χ2n) is 11.5. The molecule has 0 radical (unpaired) electrons. The molecule has 2 aliphatic heterocycles. The van der Waals surface area contributed by atoms with Crippen LogP contribution < -0.4 is 22.3 Å². The monoisotopic (exact) mass is 552 g/mol. The highest BCUT2D eigenvalue weighted by atomic mass is 16.8. The number of nitrogen functional groups attached to an aromatic ring is 1. The molecule has 5 atom stereocenters. The molecule has 2 aliphatic rings. The van der Waals surface area contributed by atoms with Crippen LogP contribution in [-0.4, -0.2) is 73.5 Å². The van der Waals surface area contributed by atoms with E-state index in [1.54, 1.807) is 48.5 Å². The second kappa shape index (κ2) is 9.95. The number of anilines is 1. The number of alkyl carbamates (subject to hydrolysis) is 1. The number of carbonyl (C=O) groups excluding carboxylic acids is 2. The Bertz CT molecular complexity index is 1390. The second-order valence-corrected chi connectivity index (χ2v) is 11.5. The van der Waals surface area contributed by atoms with E-state index >= 15 is 0 Å². The summed E-state index contributed by atoms with van der Waals surface area (Å²) in [7, 11) is 1.43. The Kier molecular flexibility index (Phi) is 7.29. The normalized spacial score (nSPS) is 25.1. The maximum Gasteiger partial charge on any atom is 0.408 e. The van der Waals surface area contributed by atoms with E-state index in [1.807, 2.05) is 0 Å². The molecule has 4 rings (SSSR count). The third-order valence-corrected chi connectivity index (χ3v) is 6.31. The van der Waals surface area contributed by atoms with Gasteiger partial charge in [0.15, 0.2) is 23.2 Å². The largest absolute Gasteiger partial charge is 0.461 e. The average Bonchev–Trinajstić information content (AvgIpc) is 3.35. The lowest BCUT2D eigenvalue weighted by atomic mass is 10.1. The third kappa shape index (κ3) is 5.65. The van der Waals surface area contributed by atoms with E-state index < -0.39 is 65.3 Å². The van der Waals surface area contributed by atoms with Gasteiger partial charge < -0.3 is 34.7 Å². The molecule has 4 N–H and O–H groups in total. The lowest BCUT2D eigenvalue weighted by molar-refractivity contribution is -0.202. The van der Waals surface area contributed by atoms with E-state index in [9.17, 15) is 19.2 Å². The SMILES string of the molecule is CC(C)[C@H](NC(=O)OC(C)(C)C)C(=O)OC[C@H]1O[C@@H](n2c(=O)n(C)c3c(=O)[nH]c(N)nc32)C2OC(C)(C)O[C@@H]21. The molecule has 2 saturated heterocycles. The first kappa shape index (κ1) is 28.6. The first-order valence-corrected chi connectivity index (χ1v) is 12.6. The minimum Gasteiger partial charge on any atom is -0.461 e. The molecule has 0 aromatic carbocycles. The molecule has 0 aliphatic carbocycles. The van der Waals surface area contributed by atoms with Crippen molar-refractivity contribution >= 4 is 29.2 Å². The van der Waals surface area contributed by atoms with Gasteiger partial charge in [-0.15, -0.1) is 0 Å². The Morgan fingerprint density at radius 1 is 1.21 bits per heavy atom. The molecule has 2 aromatic rings. The number of nitrogens with one attached hydrogen (secondary N) is 2. The van der Waals surface area contributed by atoms with Gasteiger partial charge in [0.05, 0.1) is 0 Å². The first-order valence-electron chi connectivity index (χ1n) is 12.6. The molecular formula is C24H36N6O9. The smallest absolute Gasteiger partial charge is 0.408 e. The van der Waals surface area contributed by atoms with Gasteiger partial charge in [0.1, 0.15) is 36.6 Å². The minimum absolute atomic E-state index is 0.00963. The average molecular weight is 553 g/mol. The van der Waals surface area contributed by atoms with E-state index in [4.69, 9.17) is 29.4 Å². The Hall–Kier alpha value is -3.43. The van der Waals surface area contributed by atoms with Crippen molar-refractivity contribution in [3.8, 4) is 0 Å². The van der Waals surface area contributed by atoms with E-state index in [-0.39, 0.29) is 29.6 Å². The molecule has 2 fully saturated rings. The number of hydrogen-bond acceptors (Lipinski definition) is 11. The summed E-state index contributed by atoms with van der Waals surface area (Å²) in [5, 5.41) is 2.55. The van der Waals surface area contributed by atoms with Crippen LogP contribution in [0.25, 0.3) is 11.2 Å². The molecular weight excluding hydrogens is 516 g/mol.